The van der Waals surface area contributed by atoms with Crippen LogP contribution >= 0.6 is 11.8 Å². The summed E-state index contributed by atoms with van der Waals surface area (Å²) in [6.07, 6.45) is 1.88. The molecule has 17 heavy (non-hydrogen) atoms. The van der Waals surface area contributed by atoms with Crippen LogP contribution in [0.1, 0.15) is 23.7 Å². The summed E-state index contributed by atoms with van der Waals surface area (Å²) >= 11 is 1.48. The Morgan fingerprint density at radius 2 is 2.18 bits per heavy atom. The quantitative estimate of drug-likeness (QED) is 0.853. The average Bonchev–Trinajstić information content (AvgIpc) is 2.26. The van der Waals surface area contributed by atoms with Crippen LogP contribution in [-0.2, 0) is 11.3 Å². The largest absolute Gasteiger partial charge is 0.351 e. The van der Waals surface area contributed by atoms with Crippen molar-refractivity contribution in [1.82, 2.24) is 10.3 Å². The van der Waals surface area contributed by atoms with Crippen molar-refractivity contribution < 1.29 is 4.79 Å². The molecule has 0 saturated heterocycles. The van der Waals surface area contributed by atoms with Gasteiger partial charge in [0.1, 0.15) is 0 Å². The fourth-order valence-electron chi connectivity index (χ4n) is 1.53. The lowest BCUT2D eigenvalue weighted by atomic mass is 10.1. The van der Waals surface area contributed by atoms with Gasteiger partial charge in [-0.25, -0.2) is 0 Å². The second-order valence-electron chi connectivity index (χ2n) is 4.04. The van der Waals surface area contributed by atoms with E-state index >= 15 is 0 Å². The van der Waals surface area contributed by atoms with Gasteiger partial charge in [0, 0.05) is 17.8 Å². The van der Waals surface area contributed by atoms with Crippen LogP contribution in [0.25, 0.3) is 0 Å². The van der Waals surface area contributed by atoms with E-state index in [0.29, 0.717) is 5.56 Å². The van der Waals surface area contributed by atoms with Crippen LogP contribution in [0.3, 0.4) is 0 Å². The first kappa shape index (κ1) is 13.8. The topological polar surface area (TPSA) is 62.0 Å². The van der Waals surface area contributed by atoms with E-state index in [2.05, 4.69) is 10.3 Å². The van der Waals surface area contributed by atoms with Crippen LogP contribution in [0.4, 0.5) is 0 Å². The summed E-state index contributed by atoms with van der Waals surface area (Å²) in [5.74, 6) is -0.0446. The highest BCUT2D eigenvalue weighted by Crippen LogP contribution is 2.06. The van der Waals surface area contributed by atoms with E-state index in [-0.39, 0.29) is 23.3 Å². The number of pyridine rings is 1. The van der Waals surface area contributed by atoms with Gasteiger partial charge >= 0.3 is 0 Å². The molecule has 94 valence electrons. The Morgan fingerprint density at radius 1 is 1.53 bits per heavy atom. The van der Waals surface area contributed by atoms with Gasteiger partial charge in [-0.05, 0) is 38.7 Å². The van der Waals surface area contributed by atoms with Crippen molar-refractivity contribution in [2.24, 2.45) is 0 Å². The number of hydrogen-bond donors (Lipinski definition) is 2. The van der Waals surface area contributed by atoms with Gasteiger partial charge in [-0.2, -0.15) is 11.8 Å². The van der Waals surface area contributed by atoms with E-state index < -0.39 is 0 Å². The summed E-state index contributed by atoms with van der Waals surface area (Å²) in [5.41, 5.74) is 2.24. The molecule has 1 amide bonds. The van der Waals surface area contributed by atoms with Gasteiger partial charge in [0.15, 0.2) is 0 Å². The fourth-order valence-corrected chi connectivity index (χ4v) is 1.82. The van der Waals surface area contributed by atoms with Crippen molar-refractivity contribution >= 4 is 17.7 Å². The number of carbonyl (C=O) groups excluding carboxylic acids is 1. The van der Waals surface area contributed by atoms with Crippen LogP contribution in [0, 0.1) is 13.8 Å². The first-order chi connectivity index (χ1) is 7.95. The molecule has 1 heterocycles. The lowest BCUT2D eigenvalue weighted by molar-refractivity contribution is -0.120. The Balaban J connectivity index is 2.77. The number of H-pyrrole nitrogens is 1. The van der Waals surface area contributed by atoms with Gasteiger partial charge in [-0.3, -0.25) is 9.59 Å². The molecule has 4 nitrogen and oxygen atoms in total. The molecule has 0 fully saturated rings. The predicted octanol–water partition coefficient (Wildman–Crippen LogP) is 1.36. The first-order valence-corrected chi connectivity index (χ1v) is 6.74. The van der Waals surface area contributed by atoms with Gasteiger partial charge in [-0.15, -0.1) is 0 Å². The zero-order valence-electron chi connectivity index (χ0n) is 10.6. The highest BCUT2D eigenvalue weighted by Gasteiger charge is 2.12. The van der Waals surface area contributed by atoms with Gasteiger partial charge in [-0.1, -0.05) is 0 Å². The molecule has 1 aromatic heterocycles. The molecule has 0 radical (unpaired) electrons. The molecule has 0 aliphatic carbocycles. The van der Waals surface area contributed by atoms with Crippen molar-refractivity contribution in [3.05, 3.63) is 33.2 Å². The van der Waals surface area contributed by atoms with E-state index in [0.717, 1.165) is 11.3 Å². The fraction of sp³-hybridized carbons (Fsp3) is 0.500. The summed E-state index contributed by atoms with van der Waals surface area (Å²) in [6.45, 7) is 5.84. The second kappa shape index (κ2) is 5.91. The maximum absolute atomic E-state index is 11.7. The first-order valence-electron chi connectivity index (χ1n) is 5.45. The molecule has 1 rings (SSSR count). The van der Waals surface area contributed by atoms with E-state index in [4.69, 9.17) is 0 Å². The average molecular weight is 254 g/mol. The summed E-state index contributed by atoms with van der Waals surface area (Å²) in [7, 11) is 0. The van der Waals surface area contributed by atoms with Crippen molar-refractivity contribution in [2.75, 3.05) is 6.26 Å². The van der Waals surface area contributed by atoms with Crippen LogP contribution in [0.15, 0.2) is 10.9 Å². The Labute approximate surface area is 105 Å². The van der Waals surface area contributed by atoms with E-state index in [1.165, 1.54) is 11.8 Å². The number of carbonyl (C=O) groups is 1. The minimum absolute atomic E-state index is 0.0446. The van der Waals surface area contributed by atoms with Crippen LogP contribution in [0.2, 0.25) is 0 Å². The smallest absolute Gasteiger partial charge is 0.253 e. The number of aryl methyl sites for hydroxylation is 2. The second-order valence-corrected chi connectivity index (χ2v) is 5.22. The van der Waals surface area contributed by atoms with Crippen molar-refractivity contribution in [2.45, 2.75) is 32.6 Å². The zero-order chi connectivity index (χ0) is 13.0. The summed E-state index contributed by atoms with van der Waals surface area (Å²) in [5, 5.41) is 2.67. The maximum atomic E-state index is 11.7. The summed E-state index contributed by atoms with van der Waals surface area (Å²) in [6, 6.07) is 1.90. The third-order valence-corrected chi connectivity index (χ3v) is 3.58. The molecule has 1 unspecified atom stereocenters. The third-order valence-electron chi connectivity index (χ3n) is 2.66. The van der Waals surface area contributed by atoms with Crippen molar-refractivity contribution in [3.8, 4) is 0 Å². The van der Waals surface area contributed by atoms with Gasteiger partial charge in [0.2, 0.25) is 5.91 Å². The standard InChI is InChI=1S/C12H18N2O2S/c1-7-5-8(2)14-12(16)10(7)6-13-11(15)9(3)17-4/h5,9H,6H2,1-4H3,(H,13,15)(H,14,16). The Hall–Kier alpha value is -1.23. The van der Waals surface area contributed by atoms with Gasteiger partial charge in [0.05, 0.1) is 5.25 Å². The van der Waals surface area contributed by atoms with E-state index in [9.17, 15) is 9.59 Å². The molecule has 1 atom stereocenters. The molecule has 0 spiro atoms. The molecular weight excluding hydrogens is 236 g/mol. The summed E-state index contributed by atoms with van der Waals surface area (Å²) < 4.78 is 0. The Bertz CT molecular complexity index is 468. The number of aromatic amines is 1. The molecule has 0 aliphatic heterocycles. The Morgan fingerprint density at radius 3 is 2.71 bits per heavy atom. The van der Waals surface area contributed by atoms with E-state index in [1.54, 1.807) is 0 Å². The van der Waals surface area contributed by atoms with Crippen LogP contribution in [-0.4, -0.2) is 22.4 Å². The number of thioether (sulfide) groups is 1. The van der Waals surface area contributed by atoms with Crippen LogP contribution in [0.5, 0.6) is 0 Å². The molecule has 2 N–H and O–H groups in total. The molecule has 5 heteroatoms. The Kier molecular flexibility index (Phi) is 4.81. The minimum atomic E-state index is -0.125. The SMILES string of the molecule is CSC(C)C(=O)NCc1c(C)cc(C)[nH]c1=O. The van der Waals surface area contributed by atoms with Crippen molar-refractivity contribution in [1.29, 1.82) is 0 Å². The van der Waals surface area contributed by atoms with Gasteiger partial charge < -0.3 is 10.3 Å². The number of hydrogen-bond acceptors (Lipinski definition) is 3. The third kappa shape index (κ3) is 3.63. The lowest BCUT2D eigenvalue weighted by Crippen LogP contribution is -2.32. The highest BCUT2D eigenvalue weighted by molar-refractivity contribution is 7.99. The van der Waals surface area contributed by atoms with Gasteiger partial charge in [0.25, 0.3) is 5.56 Å². The van der Waals surface area contributed by atoms with Crippen LogP contribution < -0.4 is 10.9 Å². The number of amides is 1. The molecule has 0 aromatic carbocycles. The normalized spacial score (nSPS) is 12.2. The summed E-state index contributed by atoms with van der Waals surface area (Å²) in [4.78, 5) is 26.0. The molecule has 0 bridgehead atoms. The van der Waals surface area contributed by atoms with E-state index in [1.807, 2.05) is 33.1 Å². The number of aromatic nitrogens is 1. The zero-order valence-corrected chi connectivity index (χ0v) is 11.4. The minimum Gasteiger partial charge on any atom is -0.351 e. The molecule has 0 saturated carbocycles. The molecule has 1 aromatic rings. The highest BCUT2D eigenvalue weighted by atomic mass is 32.2. The molecule has 0 aliphatic rings. The molecular formula is C12H18N2O2S. The monoisotopic (exact) mass is 254 g/mol. The van der Waals surface area contributed by atoms with Crippen molar-refractivity contribution in [3.63, 3.8) is 0 Å². The predicted molar refractivity (Wildman–Crippen MR) is 71.4 cm³/mol. The number of nitrogens with one attached hydrogen (secondary N) is 2. The number of rotatable bonds is 4. The maximum Gasteiger partial charge on any atom is 0.253 e. The lowest BCUT2D eigenvalue weighted by Gasteiger charge is -2.11.